The van der Waals surface area contributed by atoms with Crippen LogP contribution in [0.1, 0.15) is 5.56 Å². The Morgan fingerprint density at radius 1 is 1.11 bits per heavy atom. The summed E-state index contributed by atoms with van der Waals surface area (Å²) < 4.78 is 5.15. The third-order valence-electron chi connectivity index (χ3n) is 2.51. The highest BCUT2D eigenvalue weighted by atomic mass is 35.5. The van der Waals surface area contributed by atoms with E-state index in [1.165, 1.54) is 0 Å². The number of rotatable bonds is 5. The zero-order valence-corrected chi connectivity index (χ0v) is 10.9. The van der Waals surface area contributed by atoms with Crippen molar-refractivity contribution in [3.8, 4) is 5.75 Å². The molecule has 0 aromatic heterocycles. The molecule has 2 aromatic rings. The van der Waals surface area contributed by atoms with E-state index in [2.05, 4.69) is 10.9 Å². The lowest BCUT2D eigenvalue weighted by Gasteiger charge is -2.09. The second kappa shape index (κ2) is 6.28. The second-order valence-corrected chi connectivity index (χ2v) is 4.27. The van der Waals surface area contributed by atoms with Crippen LogP contribution in [0.4, 0.5) is 5.69 Å². The van der Waals surface area contributed by atoms with Gasteiger partial charge in [0.15, 0.2) is 0 Å². The van der Waals surface area contributed by atoms with E-state index < -0.39 is 0 Å². The van der Waals surface area contributed by atoms with E-state index in [9.17, 15) is 0 Å². The summed E-state index contributed by atoms with van der Waals surface area (Å²) >= 11 is 5.83. The number of halogens is 1. The van der Waals surface area contributed by atoms with Crippen molar-refractivity contribution in [1.82, 2.24) is 5.43 Å². The Hall–Kier alpha value is -1.71. The number of hydrogen-bond donors (Lipinski definition) is 2. The van der Waals surface area contributed by atoms with E-state index >= 15 is 0 Å². The molecule has 0 aliphatic rings. The van der Waals surface area contributed by atoms with Crippen molar-refractivity contribution < 1.29 is 4.74 Å². The molecular formula is C14H15ClN2O. The van der Waals surface area contributed by atoms with Crippen LogP contribution < -0.4 is 15.6 Å². The van der Waals surface area contributed by atoms with Crippen LogP contribution in [0.3, 0.4) is 0 Å². The molecule has 0 spiro atoms. The molecule has 0 radical (unpaired) electrons. The zero-order valence-electron chi connectivity index (χ0n) is 10.1. The molecule has 2 aromatic carbocycles. The first kappa shape index (κ1) is 12.7. The van der Waals surface area contributed by atoms with Gasteiger partial charge in [-0.15, -0.1) is 0 Å². The van der Waals surface area contributed by atoms with E-state index in [4.69, 9.17) is 16.3 Å². The lowest BCUT2D eigenvalue weighted by molar-refractivity contribution is 0.415. The number of hydrazine groups is 1. The van der Waals surface area contributed by atoms with Gasteiger partial charge in [0.2, 0.25) is 0 Å². The molecule has 94 valence electrons. The average Bonchev–Trinajstić information content (AvgIpc) is 2.41. The van der Waals surface area contributed by atoms with Crippen LogP contribution in [0.2, 0.25) is 5.02 Å². The lowest BCUT2D eigenvalue weighted by atomic mass is 10.2. The van der Waals surface area contributed by atoms with Crippen LogP contribution in [-0.2, 0) is 6.54 Å². The smallest absolute Gasteiger partial charge is 0.120 e. The van der Waals surface area contributed by atoms with Crippen LogP contribution in [0.5, 0.6) is 5.75 Å². The van der Waals surface area contributed by atoms with Crippen LogP contribution in [0.25, 0.3) is 0 Å². The van der Waals surface area contributed by atoms with E-state index in [0.29, 0.717) is 6.54 Å². The summed E-state index contributed by atoms with van der Waals surface area (Å²) in [5.74, 6) is 0.827. The number of ether oxygens (including phenoxy) is 1. The van der Waals surface area contributed by atoms with Crippen molar-refractivity contribution in [1.29, 1.82) is 0 Å². The molecule has 2 rings (SSSR count). The fourth-order valence-electron chi connectivity index (χ4n) is 1.55. The number of hydrogen-bond acceptors (Lipinski definition) is 3. The first-order valence-corrected chi connectivity index (χ1v) is 6.03. The highest BCUT2D eigenvalue weighted by molar-refractivity contribution is 6.30. The summed E-state index contributed by atoms with van der Waals surface area (Å²) in [6, 6.07) is 15.5. The molecule has 0 heterocycles. The fraction of sp³-hybridized carbons (Fsp3) is 0.143. The maximum absolute atomic E-state index is 5.83. The Bertz CT molecular complexity index is 499. The maximum atomic E-state index is 5.83. The second-order valence-electron chi connectivity index (χ2n) is 3.84. The maximum Gasteiger partial charge on any atom is 0.120 e. The van der Waals surface area contributed by atoms with Gasteiger partial charge in [-0.1, -0.05) is 29.8 Å². The van der Waals surface area contributed by atoms with E-state index in [0.717, 1.165) is 22.0 Å². The van der Waals surface area contributed by atoms with E-state index in [-0.39, 0.29) is 0 Å². The van der Waals surface area contributed by atoms with Crippen molar-refractivity contribution in [2.75, 3.05) is 12.5 Å². The van der Waals surface area contributed by atoms with Gasteiger partial charge in [-0.05, 0) is 29.8 Å². The summed E-state index contributed by atoms with van der Waals surface area (Å²) in [5.41, 5.74) is 8.38. The number of methoxy groups -OCH3 is 1. The molecule has 0 saturated heterocycles. The molecule has 0 amide bonds. The van der Waals surface area contributed by atoms with Gasteiger partial charge in [-0.25, -0.2) is 5.43 Å². The van der Waals surface area contributed by atoms with Crippen molar-refractivity contribution in [2.24, 2.45) is 0 Å². The first-order chi connectivity index (χ1) is 8.78. The van der Waals surface area contributed by atoms with Gasteiger partial charge in [0.05, 0.1) is 12.8 Å². The van der Waals surface area contributed by atoms with Gasteiger partial charge < -0.3 is 10.2 Å². The third kappa shape index (κ3) is 3.65. The van der Waals surface area contributed by atoms with Gasteiger partial charge in [0.25, 0.3) is 0 Å². The van der Waals surface area contributed by atoms with Gasteiger partial charge in [0.1, 0.15) is 5.75 Å². The molecule has 0 atom stereocenters. The summed E-state index contributed by atoms with van der Waals surface area (Å²) in [7, 11) is 1.65. The molecule has 0 bridgehead atoms. The Morgan fingerprint density at radius 2 is 1.89 bits per heavy atom. The van der Waals surface area contributed by atoms with Gasteiger partial charge in [-0.3, -0.25) is 0 Å². The molecule has 0 unspecified atom stereocenters. The van der Waals surface area contributed by atoms with E-state index in [1.54, 1.807) is 7.11 Å². The predicted molar refractivity (Wildman–Crippen MR) is 74.9 cm³/mol. The first-order valence-electron chi connectivity index (χ1n) is 5.65. The minimum Gasteiger partial charge on any atom is -0.497 e. The molecule has 0 fully saturated rings. The van der Waals surface area contributed by atoms with Crippen molar-refractivity contribution >= 4 is 17.3 Å². The van der Waals surface area contributed by atoms with Crippen molar-refractivity contribution in [3.63, 3.8) is 0 Å². The number of benzene rings is 2. The highest BCUT2D eigenvalue weighted by Crippen LogP contribution is 2.16. The molecule has 3 nitrogen and oxygen atoms in total. The fourth-order valence-corrected chi connectivity index (χ4v) is 1.68. The molecular weight excluding hydrogens is 248 g/mol. The molecule has 0 aliphatic heterocycles. The van der Waals surface area contributed by atoms with Crippen LogP contribution in [-0.4, -0.2) is 7.11 Å². The minimum atomic E-state index is 0.717. The Labute approximate surface area is 112 Å². The number of nitrogens with one attached hydrogen (secondary N) is 2. The van der Waals surface area contributed by atoms with Crippen molar-refractivity contribution in [2.45, 2.75) is 6.54 Å². The molecule has 2 N–H and O–H groups in total. The summed E-state index contributed by atoms with van der Waals surface area (Å²) in [4.78, 5) is 0. The summed E-state index contributed by atoms with van der Waals surface area (Å²) in [6.07, 6.45) is 0. The molecule has 0 aliphatic carbocycles. The van der Waals surface area contributed by atoms with Crippen LogP contribution in [0, 0.1) is 0 Å². The standard InChI is InChI=1S/C14H15ClN2O/c1-18-14-4-2-3-13(9-14)17-16-10-11-5-7-12(15)8-6-11/h2-9,16-17H,10H2,1H3. The average molecular weight is 263 g/mol. The SMILES string of the molecule is COc1cccc(NNCc2ccc(Cl)cc2)c1. The number of anilines is 1. The zero-order chi connectivity index (χ0) is 12.8. The quantitative estimate of drug-likeness (QED) is 0.810. The summed E-state index contributed by atoms with van der Waals surface area (Å²) in [6.45, 7) is 0.717. The van der Waals surface area contributed by atoms with Crippen molar-refractivity contribution in [3.05, 3.63) is 59.1 Å². The highest BCUT2D eigenvalue weighted by Gasteiger charge is 1.95. The Kier molecular flexibility index (Phi) is 4.45. The van der Waals surface area contributed by atoms with Crippen LogP contribution in [0.15, 0.2) is 48.5 Å². The van der Waals surface area contributed by atoms with E-state index in [1.807, 2.05) is 48.5 Å². The van der Waals surface area contributed by atoms with Gasteiger partial charge in [0, 0.05) is 17.6 Å². The Morgan fingerprint density at radius 3 is 2.61 bits per heavy atom. The third-order valence-corrected chi connectivity index (χ3v) is 2.76. The Balaban J connectivity index is 1.86. The largest absolute Gasteiger partial charge is 0.497 e. The van der Waals surface area contributed by atoms with Gasteiger partial charge >= 0.3 is 0 Å². The minimum absolute atomic E-state index is 0.717. The molecule has 0 saturated carbocycles. The van der Waals surface area contributed by atoms with Gasteiger partial charge in [-0.2, -0.15) is 0 Å². The van der Waals surface area contributed by atoms with Crippen LogP contribution >= 0.6 is 11.6 Å². The summed E-state index contributed by atoms with van der Waals surface area (Å²) in [5, 5.41) is 0.750. The normalized spacial score (nSPS) is 10.1. The monoisotopic (exact) mass is 262 g/mol. The lowest BCUT2D eigenvalue weighted by Crippen LogP contribution is -2.20. The molecule has 18 heavy (non-hydrogen) atoms. The molecule has 4 heteroatoms. The topological polar surface area (TPSA) is 33.3 Å². The predicted octanol–water partition coefficient (Wildman–Crippen LogP) is 3.47.